The van der Waals surface area contributed by atoms with E-state index in [-0.39, 0.29) is 0 Å². The Bertz CT molecular complexity index is 789. The number of anilines is 1. The van der Waals surface area contributed by atoms with E-state index >= 15 is 0 Å². The van der Waals surface area contributed by atoms with Crippen LogP contribution in [0.15, 0.2) is 59.3 Å². The fourth-order valence-electron chi connectivity index (χ4n) is 1.92. The molecule has 0 amide bonds. The van der Waals surface area contributed by atoms with Gasteiger partial charge in [0.25, 0.3) is 0 Å². The summed E-state index contributed by atoms with van der Waals surface area (Å²) in [6, 6.07) is 13.0. The van der Waals surface area contributed by atoms with Gasteiger partial charge in [0.2, 0.25) is 5.95 Å². The Balaban J connectivity index is 1.57. The van der Waals surface area contributed by atoms with Gasteiger partial charge in [-0.3, -0.25) is 0 Å². The van der Waals surface area contributed by atoms with Crippen molar-refractivity contribution in [3.8, 4) is 11.3 Å². The van der Waals surface area contributed by atoms with Gasteiger partial charge >= 0.3 is 0 Å². The quantitative estimate of drug-likeness (QED) is 0.700. The molecule has 0 saturated heterocycles. The van der Waals surface area contributed by atoms with E-state index in [0.29, 0.717) is 22.6 Å². The molecule has 0 bridgehead atoms. The van der Waals surface area contributed by atoms with Crippen LogP contribution in [0.3, 0.4) is 0 Å². The minimum Gasteiger partial charge on any atom is -0.459 e. The largest absolute Gasteiger partial charge is 0.459 e. The third-order valence-electron chi connectivity index (χ3n) is 3.00. The fraction of sp³-hybridized carbons (Fsp3) is 0.0625. The van der Waals surface area contributed by atoms with Crippen LogP contribution in [0.5, 0.6) is 0 Å². The van der Waals surface area contributed by atoms with Crippen molar-refractivity contribution in [2.24, 2.45) is 0 Å². The van der Waals surface area contributed by atoms with Crippen LogP contribution in [0.1, 0.15) is 5.76 Å². The first-order chi connectivity index (χ1) is 11.2. The summed E-state index contributed by atoms with van der Waals surface area (Å²) in [6.07, 6.45) is 3.28. The van der Waals surface area contributed by atoms with Crippen molar-refractivity contribution in [1.29, 1.82) is 0 Å². The van der Waals surface area contributed by atoms with E-state index in [2.05, 4.69) is 20.6 Å². The van der Waals surface area contributed by atoms with Gasteiger partial charge in [-0.1, -0.05) is 11.6 Å². The second kappa shape index (κ2) is 7.21. The first-order valence-corrected chi connectivity index (χ1v) is 7.66. The predicted molar refractivity (Wildman–Crippen MR) is 94.2 cm³/mol. The molecule has 2 heterocycles. The zero-order valence-corrected chi connectivity index (χ0v) is 13.6. The van der Waals surface area contributed by atoms with Crippen molar-refractivity contribution < 1.29 is 4.42 Å². The summed E-state index contributed by atoms with van der Waals surface area (Å²) in [6.45, 7) is 0.465. The molecule has 23 heavy (non-hydrogen) atoms. The van der Waals surface area contributed by atoms with Crippen LogP contribution in [0.4, 0.5) is 5.95 Å². The summed E-state index contributed by atoms with van der Waals surface area (Å²) in [5.41, 5.74) is 0.971. The fourth-order valence-corrected chi connectivity index (χ4v) is 2.21. The lowest BCUT2D eigenvalue weighted by molar-refractivity contribution is 0.516. The maximum atomic E-state index is 5.88. The molecule has 0 saturated carbocycles. The van der Waals surface area contributed by atoms with Gasteiger partial charge in [-0.05, 0) is 54.7 Å². The molecule has 1 aromatic carbocycles. The summed E-state index contributed by atoms with van der Waals surface area (Å²) >= 11 is 11.1. The van der Waals surface area contributed by atoms with Crippen LogP contribution < -0.4 is 10.6 Å². The zero-order valence-electron chi connectivity index (χ0n) is 12.0. The summed E-state index contributed by atoms with van der Waals surface area (Å²) in [5, 5.41) is 7.07. The molecular weight excluding hydrogens is 332 g/mol. The summed E-state index contributed by atoms with van der Waals surface area (Å²) in [7, 11) is 0. The Hall–Kier alpha value is -2.44. The molecule has 2 aromatic heterocycles. The lowest BCUT2D eigenvalue weighted by atomic mass is 10.2. The summed E-state index contributed by atoms with van der Waals surface area (Å²) in [4.78, 5) is 8.08. The van der Waals surface area contributed by atoms with Gasteiger partial charge in [-0.25, -0.2) is 9.97 Å². The van der Waals surface area contributed by atoms with Crippen LogP contribution in [-0.2, 0) is 6.54 Å². The van der Waals surface area contributed by atoms with E-state index in [0.717, 1.165) is 17.1 Å². The molecule has 0 unspecified atom stereocenters. The van der Waals surface area contributed by atoms with E-state index < -0.39 is 0 Å². The standard InChI is InChI=1S/C16H13ClN4OS/c17-12-4-2-11(3-5-12)14-7-6-13(22-14)10-20-16(23)21-15-18-8-1-9-19-15/h1-9H,10H2,(H2,18,19,20,21,23). The zero-order chi connectivity index (χ0) is 16.1. The molecule has 0 atom stereocenters. The van der Waals surface area contributed by atoms with Gasteiger partial charge in [-0.15, -0.1) is 0 Å². The van der Waals surface area contributed by atoms with Gasteiger partial charge in [0.15, 0.2) is 5.11 Å². The van der Waals surface area contributed by atoms with Crippen molar-refractivity contribution in [2.45, 2.75) is 6.54 Å². The molecule has 0 aliphatic carbocycles. The molecule has 0 aliphatic heterocycles. The van der Waals surface area contributed by atoms with Crippen LogP contribution in [0, 0.1) is 0 Å². The van der Waals surface area contributed by atoms with E-state index in [1.807, 2.05) is 36.4 Å². The molecule has 0 aliphatic rings. The third-order valence-corrected chi connectivity index (χ3v) is 3.50. The highest BCUT2D eigenvalue weighted by atomic mass is 35.5. The minimum absolute atomic E-state index is 0.431. The van der Waals surface area contributed by atoms with Crippen molar-refractivity contribution in [2.75, 3.05) is 5.32 Å². The number of hydrogen-bond donors (Lipinski definition) is 2. The third kappa shape index (κ3) is 4.28. The van der Waals surface area contributed by atoms with Crippen molar-refractivity contribution in [1.82, 2.24) is 15.3 Å². The van der Waals surface area contributed by atoms with Gasteiger partial charge in [0, 0.05) is 23.0 Å². The van der Waals surface area contributed by atoms with Gasteiger partial charge in [0.1, 0.15) is 11.5 Å². The Morgan fingerprint density at radius 2 is 1.83 bits per heavy atom. The van der Waals surface area contributed by atoms with Crippen LogP contribution in [0.2, 0.25) is 5.02 Å². The number of furan rings is 1. The average Bonchev–Trinajstić information content (AvgIpc) is 3.04. The molecule has 7 heteroatoms. The normalized spacial score (nSPS) is 10.3. The second-order valence-electron chi connectivity index (χ2n) is 4.65. The van der Waals surface area contributed by atoms with Gasteiger partial charge < -0.3 is 15.1 Å². The number of aromatic nitrogens is 2. The lowest BCUT2D eigenvalue weighted by Gasteiger charge is -2.07. The van der Waals surface area contributed by atoms with E-state index in [4.69, 9.17) is 28.2 Å². The van der Waals surface area contributed by atoms with Gasteiger partial charge in [-0.2, -0.15) is 0 Å². The van der Waals surface area contributed by atoms with Gasteiger partial charge in [0.05, 0.1) is 6.54 Å². The minimum atomic E-state index is 0.431. The van der Waals surface area contributed by atoms with Crippen LogP contribution in [-0.4, -0.2) is 15.1 Å². The summed E-state index contributed by atoms with van der Waals surface area (Å²) < 4.78 is 5.79. The Morgan fingerprint density at radius 1 is 1.09 bits per heavy atom. The Kier molecular flexibility index (Phi) is 4.85. The molecular formula is C16H13ClN4OS. The number of rotatable bonds is 4. The molecule has 0 fully saturated rings. The van der Waals surface area contributed by atoms with Crippen molar-refractivity contribution in [3.63, 3.8) is 0 Å². The maximum Gasteiger partial charge on any atom is 0.228 e. The monoisotopic (exact) mass is 344 g/mol. The number of benzene rings is 1. The molecule has 5 nitrogen and oxygen atoms in total. The predicted octanol–water partition coefficient (Wildman–Crippen LogP) is 3.88. The van der Waals surface area contributed by atoms with Crippen molar-refractivity contribution >= 4 is 34.9 Å². The highest BCUT2D eigenvalue weighted by Gasteiger charge is 2.06. The molecule has 2 N–H and O–H groups in total. The SMILES string of the molecule is S=C(NCc1ccc(-c2ccc(Cl)cc2)o1)Nc1ncccn1. The molecule has 0 spiro atoms. The number of halogens is 1. The maximum absolute atomic E-state index is 5.88. The van der Waals surface area contributed by atoms with Crippen LogP contribution >= 0.6 is 23.8 Å². The van der Waals surface area contributed by atoms with E-state index in [1.54, 1.807) is 18.5 Å². The Labute approximate surface area is 143 Å². The molecule has 0 radical (unpaired) electrons. The molecule has 116 valence electrons. The number of hydrogen-bond acceptors (Lipinski definition) is 4. The van der Waals surface area contributed by atoms with Crippen molar-refractivity contribution in [3.05, 3.63) is 65.6 Å². The second-order valence-corrected chi connectivity index (χ2v) is 5.50. The number of thiocarbonyl (C=S) groups is 1. The van der Waals surface area contributed by atoms with E-state index in [1.165, 1.54) is 0 Å². The highest BCUT2D eigenvalue weighted by molar-refractivity contribution is 7.80. The highest BCUT2D eigenvalue weighted by Crippen LogP contribution is 2.23. The molecule has 3 rings (SSSR count). The smallest absolute Gasteiger partial charge is 0.228 e. The average molecular weight is 345 g/mol. The first kappa shape index (κ1) is 15.5. The summed E-state index contributed by atoms with van der Waals surface area (Å²) in [5.74, 6) is 2.00. The molecule has 3 aromatic rings. The van der Waals surface area contributed by atoms with E-state index in [9.17, 15) is 0 Å². The lowest BCUT2D eigenvalue weighted by Crippen LogP contribution is -2.28. The topological polar surface area (TPSA) is 63.0 Å². The Morgan fingerprint density at radius 3 is 2.57 bits per heavy atom. The number of nitrogens with one attached hydrogen (secondary N) is 2. The number of nitrogens with zero attached hydrogens (tertiary/aromatic N) is 2. The first-order valence-electron chi connectivity index (χ1n) is 6.87. The van der Waals surface area contributed by atoms with Crippen LogP contribution in [0.25, 0.3) is 11.3 Å².